The third kappa shape index (κ3) is 7.23. The van der Waals surface area contributed by atoms with Gasteiger partial charge in [-0.1, -0.05) is 36.7 Å². The Morgan fingerprint density at radius 2 is 2.00 bits per heavy atom. The predicted octanol–water partition coefficient (Wildman–Crippen LogP) is 6.05. The zero-order valence-electron chi connectivity index (χ0n) is 30.8. The smallest absolute Gasteiger partial charge is 0.285 e. The number of ether oxygens (including phenoxy) is 4. The van der Waals surface area contributed by atoms with Crippen LogP contribution in [0.2, 0.25) is 5.02 Å². The van der Waals surface area contributed by atoms with Crippen molar-refractivity contribution in [2.45, 2.75) is 56.7 Å². The van der Waals surface area contributed by atoms with Gasteiger partial charge in [-0.2, -0.15) is 4.36 Å². The van der Waals surface area contributed by atoms with Gasteiger partial charge in [0.1, 0.15) is 23.0 Å². The predicted molar refractivity (Wildman–Crippen MR) is 207 cm³/mol. The molecule has 2 aliphatic carbocycles. The molecule has 1 saturated carbocycles. The monoisotopic (exact) mass is 775 g/mol. The highest BCUT2D eigenvalue weighted by atomic mass is 35.5. The molecule has 7 atom stereocenters. The molecule has 1 saturated heterocycles. The Balaban J connectivity index is 1.21. The highest BCUT2D eigenvalue weighted by molar-refractivity contribution is 8.06. The molecular formula is C40H46ClN5O7S. The number of rotatable bonds is 3. The van der Waals surface area contributed by atoms with Crippen LogP contribution in [0.4, 0.5) is 5.69 Å². The van der Waals surface area contributed by atoms with Gasteiger partial charge >= 0.3 is 0 Å². The highest BCUT2D eigenvalue weighted by Gasteiger charge is 2.43. The summed E-state index contributed by atoms with van der Waals surface area (Å²) >= 11 is 6.47. The number of carbonyl (C=O) groups excluding carboxylic acids is 2. The van der Waals surface area contributed by atoms with Crippen LogP contribution >= 0.6 is 11.6 Å². The van der Waals surface area contributed by atoms with Gasteiger partial charge < -0.3 is 23.8 Å². The molecule has 12 nitrogen and oxygen atoms in total. The number of hydrogen-bond donors (Lipinski definition) is 0. The van der Waals surface area contributed by atoms with Gasteiger partial charge in [-0.15, -0.1) is 5.10 Å². The van der Waals surface area contributed by atoms with Gasteiger partial charge in [0, 0.05) is 48.1 Å². The first kappa shape index (κ1) is 36.9. The topological polar surface area (TPSA) is 134 Å². The number of nitrogens with zero attached hydrogens (tertiary/aromatic N) is 5. The van der Waals surface area contributed by atoms with Gasteiger partial charge in [-0.25, -0.2) is 9.20 Å². The number of halogens is 1. The molecule has 3 aromatic rings. The summed E-state index contributed by atoms with van der Waals surface area (Å²) in [6.07, 6.45) is 10.1. The summed E-state index contributed by atoms with van der Waals surface area (Å²) in [7, 11) is -0.506. The van der Waals surface area contributed by atoms with Gasteiger partial charge in [0.25, 0.3) is 11.8 Å². The van der Waals surface area contributed by atoms with E-state index in [1.54, 1.807) is 13.1 Å². The summed E-state index contributed by atoms with van der Waals surface area (Å²) in [6, 6.07) is 11.5. The Morgan fingerprint density at radius 1 is 1.15 bits per heavy atom. The summed E-state index contributed by atoms with van der Waals surface area (Å²) in [4.78, 5) is 33.9. The van der Waals surface area contributed by atoms with Crippen molar-refractivity contribution in [1.82, 2.24) is 9.78 Å². The zero-order chi connectivity index (χ0) is 37.6. The van der Waals surface area contributed by atoms with E-state index in [1.165, 1.54) is 29.1 Å². The van der Waals surface area contributed by atoms with E-state index < -0.39 is 27.6 Å². The van der Waals surface area contributed by atoms with Crippen LogP contribution < -0.4 is 14.4 Å². The third-order valence-electron chi connectivity index (χ3n) is 11.6. The number of anilines is 1. The van der Waals surface area contributed by atoms with Crippen molar-refractivity contribution < 1.29 is 32.7 Å². The summed E-state index contributed by atoms with van der Waals surface area (Å²) < 4.78 is 44.9. The fourth-order valence-corrected chi connectivity index (χ4v) is 10.8. The van der Waals surface area contributed by atoms with Crippen LogP contribution in [-0.4, -0.2) is 89.3 Å². The van der Waals surface area contributed by atoms with Crippen LogP contribution in [-0.2, 0) is 38.1 Å². The number of hydrogen-bond acceptors (Lipinski definition) is 9. The normalized spacial score (nSPS) is 31.6. The molecule has 2 amide bonds. The van der Waals surface area contributed by atoms with E-state index in [4.69, 9.17) is 30.5 Å². The molecule has 8 rings (SSSR count). The largest absolute Gasteiger partial charge is 0.490 e. The summed E-state index contributed by atoms with van der Waals surface area (Å²) in [5.41, 5.74) is 4.45. The molecule has 2 bridgehead atoms. The maximum atomic E-state index is 14.8. The molecule has 4 heterocycles. The molecule has 286 valence electrons. The Morgan fingerprint density at radius 3 is 2.81 bits per heavy atom. The van der Waals surface area contributed by atoms with Gasteiger partial charge in [-0.3, -0.25) is 14.3 Å². The second-order valence-corrected chi connectivity index (χ2v) is 17.9. The number of benzene rings is 2. The van der Waals surface area contributed by atoms with Gasteiger partial charge in [0.05, 0.1) is 48.5 Å². The molecule has 0 radical (unpaired) electrons. The first-order chi connectivity index (χ1) is 26.0. The van der Waals surface area contributed by atoms with E-state index in [2.05, 4.69) is 43.6 Å². The fraction of sp³-hybridized carbons (Fsp3) is 0.500. The molecule has 5 aliphatic rings. The summed E-state index contributed by atoms with van der Waals surface area (Å²) in [5, 5.41) is 4.86. The number of methoxy groups -OCH3 is 1. The van der Waals surface area contributed by atoms with Crippen molar-refractivity contribution in [2.24, 2.45) is 34.2 Å². The number of aromatic nitrogens is 2. The maximum Gasteiger partial charge on any atom is 0.285 e. The number of aliphatic imine (C=N–C) groups is 1. The van der Waals surface area contributed by atoms with Gasteiger partial charge in [0.15, 0.2) is 0 Å². The van der Waals surface area contributed by atoms with Crippen LogP contribution in [0.25, 0.3) is 0 Å². The molecular weight excluding hydrogens is 730 g/mol. The summed E-state index contributed by atoms with van der Waals surface area (Å²) in [6.45, 7) is 4.70. The number of allylic oxidation sites excluding steroid dienone is 1. The molecule has 14 heteroatoms. The molecule has 0 N–H and O–H groups in total. The lowest BCUT2D eigenvalue weighted by Gasteiger charge is -2.44. The Hall–Kier alpha value is -4.04. The number of fused-ring (bicyclic) bond motifs is 5. The van der Waals surface area contributed by atoms with E-state index in [0.29, 0.717) is 44.0 Å². The fourth-order valence-electron chi connectivity index (χ4n) is 8.80. The van der Waals surface area contributed by atoms with E-state index in [1.807, 2.05) is 25.1 Å². The number of aryl methyl sites for hydroxylation is 2. The minimum Gasteiger partial charge on any atom is -0.490 e. The number of amides is 2. The highest BCUT2D eigenvalue weighted by Crippen LogP contribution is 2.46. The summed E-state index contributed by atoms with van der Waals surface area (Å²) in [5.74, 6) is -0.330. The molecule has 54 heavy (non-hydrogen) atoms. The minimum absolute atomic E-state index is 0.0871. The van der Waals surface area contributed by atoms with Crippen molar-refractivity contribution in [1.29, 1.82) is 0 Å². The maximum absolute atomic E-state index is 14.8. The van der Waals surface area contributed by atoms with Crippen molar-refractivity contribution in [3.05, 3.63) is 82.0 Å². The minimum atomic E-state index is -3.56. The van der Waals surface area contributed by atoms with Crippen LogP contribution in [0.3, 0.4) is 0 Å². The lowest BCUT2D eigenvalue weighted by atomic mass is 9.69. The average molecular weight is 776 g/mol. The molecule has 1 unspecified atom stereocenters. The molecule has 2 fully saturated rings. The lowest BCUT2D eigenvalue weighted by Crippen LogP contribution is -2.48. The van der Waals surface area contributed by atoms with E-state index in [9.17, 15) is 13.8 Å². The van der Waals surface area contributed by atoms with Crippen molar-refractivity contribution in [3.8, 4) is 11.6 Å². The number of carbonyl (C=O) groups is 2. The van der Waals surface area contributed by atoms with E-state index >= 15 is 0 Å². The van der Waals surface area contributed by atoms with Crippen molar-refractivity contribution in [2.75, 3.05) is 50.7 Å². The van der Waals surface area contributed by atoms with Gasteiger partial charge in [0.2, 0.25) is 5.88 Å². The lowest BCUT2D eigenvalue weighted by molar-refractivity contribution is -0.136. The Kier molecular flexibility index (Phi) is 10.2. The molecule has 3 aliphatic heterocycles. The zero-order valence-corrected chi connectivity index (χ0v) is 32.4. The van der Waals surface area contributed by atoms with Crippen LogP contribution in [0, 0.1) is 17.8 Å². The molecule has 1 spiro atoms. The standard InChI is InChI=1S/C40H46ClN5O7S/c1-25-21-54(49,24-42-38(48)31-20-45(2)43-39(31)50-3)44-37(47)28-9-12-34-33(18-28)46(19-29-7-6-26(29)8-13-35-36(25)52-16-15-51-35)22-40(23-53-34)14-4-5-27-17-30(41)10-11-32(27)40/h8-13,17-18,20,24-26,29,35-36H,4-7,14-16,19,21-23H2,1-3H3/b13-8+,42-24+/t25-,26+,29+,35+,36-,40+,54?/m1/s1. The second-order valence-electron chi connectivity index (χ2n) is 15.3. The molecule has 2 aromatic carbocycles. The first-order valence-corrected chi connectivity index (χ1v) is 20.8. The second kappa shape index (κ2) is 14.9. The quantitative estimate of drug-likeness (QED) is 0.177. The molecule has 1 aromatic heterocycles. The third-order valence-corrected chi connectivity index (χ3v) is 13.8. The van der Waals surface area contributed by atoms with Crippen molar-refractivity contribution in [3.63, 3.8) is 0 Å². The van der Waals surface area contributed by atoms with E-state index in [-0.39, 0.29) is 40.2 Å². The van der Waals surface area contributed by atoms with Crippen molar-refractivity contribution >= 4 is 44.4 Å². The SMILES string of the molecule is COc1nn(C)cc1C(=O)/N=C/S1(=O)=NC(=O)c2ccc3c(c2)N(C[C@@H]2CC[C@H]2/C=C/[C@@H]2OCCO[C@@H]2[C@H](C)C1)C[C@@]1(CCCc2cc(Cl)ccc21)CO3. The average Bonchev–Trinajstić information content (AvgIpc) is 3.47. The van der Waals surface area contributed by atoms with Gasteiger partial charge in [-0.05, 0) is 91.3 Å². The first-order valence-electron chi connectivity index (χ1n) is 18.7. The Bertz CT molecular complexity index is 2140. The van der Waals surface area contributed by atoms with Crippen LogP contribution in [0.1, 0.15) is 64.4 Å². The Labute approximate surface area is 321 Å². The van der Waals surface area contributed by atoms with E-state index in [0.717, 1.165) is 54.9 Å². The van der Waals surface area contributed by atoms with Crippen LogP contribution in [0.15, 0.2) is 64.1 Å². The van der Waals surface area contributed by atoms with Crippen LogP contribution in [0.5, 0.6) is 11.6 Å².